The van der Waals surface area contributed by atoms with E-state index in [1.807, 2.05) is 33.1 Å². The maximum atomic E-state index is 13.3. The van der Waals surface area contributed by atoms with Gasteiger partial charge in [0.1, 0.15) is 0 Å². The van der Waals surface area contributed by atoms with Crippen molar-refractivity contribution >= 4 is 23.6 Å². The molecule has 0 unspecified atom stereocenters. The molecule has 1 saturated heterocycles. The smallest absolute Gasteiger partial charge is 0.323 e. The fraction of sp³-hybridized carbons (Fsp3) is 0.810. The van der Waals surface area contributed by atoms with Crippen LogP contribution in [0.15, 0.2) is 0 Å². The van der Waals surface area contributed by atoms with Crippen LogP contribution in [0, 0.1) is 0 Å². The van der Waals surface area contributed by atoms with Gasteiger partial charge in [-0.25, -0.2) is 5.84 Å². The van der Waals surface area contributed by atoms with E-state index in [1.165, 1.54) is 0 Å². The number of hydrogen-bond acceptors (Lipinski definition) is 5. The number of carbonyl (C=O) groups is 4. The molecule has 30 heavy (non-hydrogen) atoms. The second kappa shape index (κ2) is 10.7. The molecule has 172 valence electrons. The van der Waals surface area contributed by atoms with Crippen molar-refractivity contribution < 1.29 is 19.2 Å². The number of nitrogens with one attached hydrogen (secondary N) is 2. The highest BCUT2D eigenvalue weighted by molar-refractivity contribution is 6.35. The second-order valence-corrected chi connectivity index (χ2v) is 9.32. The van der Waals surface area contributed by atoms with Crippen molar-refractivity contribution in [2.75, 3.05) is 13.1 Å². The third-order valence-electron chi connectivity index (χ3n) is 5.61. The Labute approximate surface area is 180 Å². The van der Waals surface area contributed by atoms with E-state index in [2.05, 4.69) is 19.2 Å². The van der Waals surface area contributed by atoms with Gasteiger partial charge >= 0.3 is 23.6 Å². The predicted octanol–water partition coefficient (Wildman–Crippen LogP) is 1.07. The molecule has 9 nitrogen and oxygen atoms in total. The SMILES string of the molecule is CCCCN(CCCC)C(=O)C(=O)N1C(C)(C)CC(NC(=O)C(=O)NN)CC1(C)C. The van der Waals surface area contributed by atoms with Crippen LogP contribution in [0.2, 0.25) is 0 Å². The van der Waals surface area contributed by atoms with Crippen molar-refractivity contribution in [3.05, 3.63) is 0 Å². The molecule has 0 radical (unpaired) electrons. The molecule has 1 heterocycles. The highest BCUT2D eigenvalue weighted by Crippen LogP contribution is 2.38. The van der Waals surface area contributed by atoms with Crippen LogP contribution in [-0.4, -0.2) is 63.6 Å². The number of nitrogens with two attached hydrogens (primary N) is 1. The van der Waals surface area contributed by atoms with E-state index >= 15 is 0 Å². The van der Waals surface area contributed by atoms with E-state index in [0.717, 1.165) is 25.7 Å². The number of piperidine rings is 1. The van der Waals surface area contributed by atoms with Crippen LogP contribution in [-0.2, 0) is 19.2 Å². The largest absolute Gasteiger partial charge is 0.345 e. The number of unbranched alkanes of at least 4 members (excludes halogenated alkanes) is 2. The molecule has 4 amide bonds. The summed E-state index contributed by atoms with van der Waals surface area (Å²) in [7, 11) is 0. The molecule has 0 aromatic heterocycles. The maximum Gasteiger partial charge on any atom is 0.323 e. The predicted molar refractivity (Wildman–Crippen MR) is 115 cm³/mol. The fourth-order valence-electron chi connectivity index (χ4n) is 4.49. The summed E-state index contributed by atoms with van der Waals surface area (Å²) in [6.07, 6.45) is 4.44. The van der Waals surface area contributed by atoms with E-state index in [1.54, 1.807) is 9.80 Å². The Morgan fingerprint density at radius 3 is 1.80 bits per heavy atom. The van der Waals surface area contributed by atoms with E-state index in [0.29, 0.717) is 25.9 Å². The first-order valence-corrected chi connectivity index (χ1v) is 10.9. The Morgan fingerprint density at radius 2 is 1.40 bits per heavy atom. The minimum atomic E-state index is -0.915. The van der Waals surface area contributed by atoms with Gasteiger partial charge in [0, 0.05) is 30.2 Å². The standard InChI is InChI=1S/C21H39N5O4/c1-7-9-11-25(12-10-8-2)18(29)19(30)26-20(3,4)13-15(14-21(26,5)6)23-16(27)17(28)24-22/h15H,7-14,22H2,1-6H3,(H,23,27)(H,24,28). The summed E-state index contributed by atoms with van der Waals surface area (Å²) in [4.78, 5) is 53.2. The Bertz CT molecular complexity index is 621. The average Bonchev–Trinajstić information content (AvgIpc) is 2.64. The lowest BCUT2D eigenvalue weighted by Crippen LogP contribution is -2.68. The van der Waals surface area contributed by atoms with Gasteiger partial charge in [0.05, 0.1) is 0 Å². The zero-order chi connectivity index (χ0) is 23.1. The summed E-state index contributed by atoms with van der Waals surface area (Å²) in [6.45, 7) is 12.8. The van der Waals surface area contributed by atoms with Gasteiger partial charge in [-0.05, 0) is 53.4 Å². The molecule has 1 aliphatic rings. The number of nitrogens with zero attached hydrogens (tertiary/aromatic N) is 2. The van der Waals surface area contributed by atoms with Gasteiger partial charge < -0.3 is 15.1 Å². The van der Waals surface area contributed by atoms with Gasteiger partial charge in [-0.15, -0.1) is 0 Å². The van der Waals surface area contributed by atoms with Crippen molar-refractivity contribution in [3.63, 3.8) is 0 Å². The second-order valence-electron chi connectivity index (χ2n) is 9.32. The highest BCUT2D eigenvalue weighted by Gasteiger charge is 2.50. The van der Waals surface area contributed by atoms with Gasteiger partial charge in [-0.1, -0.05) is 26.7 Å². The van der Waals surface area contributed by atoms with Gasteiger partial charge in [-0.2, -0.15) is 0 Å². The summed E-state index contributed by atoms with van der Waals surface area (Å²) in [5.41, 5.74) is 0.443. The first kappa shape index (κ1) is 25.9. The van der Waals surface area contributed by atoms with Crippen LogP contribution in [0.1, 0.15) is 80.1 Å². The topological polar surface area (TPSA) is 125 Å². The lowest BCUT2D eigenvalue weighted by Gasteiger charge is -2.55. The number of hydrazine groups is 1. The molecule has 4 N–H and O–H groups in total. The third kappa shape index (κ3) is 6.42. The summed E-state index contributed by atoms with van der Waals surface area (Å²) < 4.78 is 0. The van der Waals surface area contributed by atoms with Crippen LogP contribution < -0.4 is 16.6 Å². The zero-order valence-electron chi connectivity index (χ0n) is 19.3. The molecule has 0 aromatic rings. The molecule has 1 rings (SSSR count). The molecule has 0 spiro atoms. The van der Waals surface area contributed by atoms with Crippen LogP contribution in [0.3, 0.4) is 0 Å². The van der Waals surface area contributed by atoms with Crippen molar-refractivity contribution in [3.8, 4) is 0 Å². The molecular weight excluding hydrogens is 386 g/mol. The highest BCUT2D eigenvalue weighted by atomic mass is 16.2. The van der Waals surface area contributed by atoms with Crippen LogP contribution in [0.5, 0.6) is 0 Å². The number of rotatable bonds is 7. The first-order valence-electron chi connectivity index (χ1n) is 10.9. The summed E-state index contributed by atoms with van der Waals surface area (Å²) in [6, 6.07) is -0.324. The molecule has 0 aliphatic carbocycles. The lowest BCUT2D eigenvalue weighted by molar-refractivity contribution is -0.164. The first-order chi connectivity index (χ1) is 13.9. The molecule has 1 aliphatic heterocycles. The van der Waals surface area contributed by atoms with Gasteiger partial charge in [0.2, 0.25) is 0 Å². The van der Waals surface area contributed by atoms with E-state index < -0.39 is 34.7 Å². The molecule has 0 atom stereocenters. The quantitative estimate of drug-likeness (QED) is 0.243. The van der Waals surface area contributed by atoms with E-state index in [4.69, 9.17) is 5.84 Å². The zero-order valence-corrected chi connectivity index (χ0v) is 19.3. The summed E-state index contributed by atoms with van der Waals surface area (Å²) in [5.74, 6) is 2.32. The van der Waals surface area contributed by atoms with Gasteiger partial charge in [0.15, 0.2) is 0 Å². The van der Waals surface area contributed by atoms with E-state index in [-0.39, 0.29) is 6.04 Å². The summed E-state index contributed by atoms with van der Waals surface area (Å²) >= 11 is 0. The molecule has 0 bridgehead atoms. The van der Waals surface area contributed by atoms with Crippen molar-refractivity contribution in [2.24, 2.45) is 5.84 Å². The minimum Gasteiger partial charge on any atom is -0.345 e. The third-order valence-corrected chi connectivity index (χ3v) is 5.61. The fourth-order valence-corrected chi connectivity index (χ4v) is 4.49. The maximum absolute atomic E-state index is 13.3. The molecular formula is C21H39N5O4. The van der Waals surface area contributed by atoms with E-state index in [9.17, 15) is 19.2 Å². The number of hydrogen-bond donors (Lipinski definition) is 3. The molecule has 1 fully saturated rings. The van der Waals surface area contributed by atoms with Crippen LogP contribution in [0.25, 0.3) is 0 Å². The van der Waals surface area contributed by atoms with Crippen LogP contribution >= 0.6 is 0 Å². The molecule has 9 heteroatoms. The molecule has 0 saturated carbocycles. The normalized spacial score (nSPS) is 17.9. The van der Waals surface area contributed by atoms with Crippen LogP contribution in [0.4, 0.5) is 0 Å². The molecule has 0 aromatic carbocycles. The van der Waals surface area contributed by atoms with Crippen molar-refractivity contribution in [2.45, 2.75) is 97.2 Å². The van der Waals surface area contributed by atoms with Crippen molar-refractivity contribution in [1.82, 2.24) is 20.5 Å². The number of likely N-dealkylation sites (tertiary alicyclic amines) is 1. The number of amides is 4. The minimum absolute atomic E-state index is 0.324. The van der Waals surface area contributed by atoms with Gasteiger partial charge in [0.25, 0.3) is 0 Å². The average molecular weight is 426 g/mol. The van der Waals surface area contributed by atoms with Gasteiger partial charge in [-0.3, -0.25) is 24.6 Å². The number of carbonyl (C=O) groups excluding carboxylic acids is 4. The Hall–Kier alpha value is -2.16. The lowest BCUT2D eigenvalue weighted by atomic mass is 9.76. The monoisotopic (exact) mass is 425 g/mol. The Morgan fingerprint density at radius 1 is 0.933 bits per heavy atom. The van der Waals surface area contributed by atoms with Crippen molar-refractivity contribution in [1.29, 1.82) is 0 Å². The Balaban J connectivity index is 3.04. The summed E-state index contributed by atoms with van der Waals surface area (Å²) in [5, 5.41) is 2.68. The Kier molecular flexibility index (Phi) is 9.27.